The van der Waals surface area contributed by atoms with Gasteiger partial charge in [0.05, 0.1) is 0 Å². The number of rotatable bonds is 1. The van der Waals surface area contributed by atoms with E-state index in [0.29, 0.717) is 3.90 Å². The highest BCUT2D eigenvalue weighted by molar-refractivity contribution is 14.1. The second-order valence-electron chi connectivity index (χ2n) is 3.36. The molecule has 2 rings (SSSR count). The highest BCUT2D eigenvalue weighted by atomic mass is 127. The number of halogens is 1. The van der Waals surface area contributed by atoms with Gasteiger partial charge in [-0.1, -0.05) is 17.2 Å². The topological polar surface area (TPSA) is 26.0 Å². The highest BCUT2D eigenvalue weighted by Crippen LogP contribution is 2.21. The number of aryl methyl sites for hydroxylation is 2. The molecule has 0 radical (unpaired) electrons. The molecule has 0 fully saturated rings. The Morgan fingerprint density at radius 1 is 1.14 bits per heavy atom. The van der Waals surface area contributed by atoms with E-state index in [0.717, 1.165) is 11.3 Å². The van der Waals surface area contributed by atoms with Crippen LogP contribution in [0.25, 0.3) is 11.3 Å². The first kappa shape index (κ1) is 9.71. The van der Waals surface area contributed by atoms with E-state index in [1.165, 1.54) is 11.1 Å². The van der Waals surface area contributed by atoms with Crippen molar-refractivity contribution in [1.29, 1.82) is 0 Å². The van der Waals surface area contributed by atoms with Crippen LogP contribution in [0.1, 0.15) is 11.1 Å². The van der Waals surface area contributed by atoms with Gasteiger partial charge in [-0.05, 0) is 26.0 Å². The smallest absolute Gasteiger partial charge is 0.257 e. The quantitative estimate of drug-likeness (QED) is 0.752. The Balaban J connectivity index is 2.51. The van der Waals surface area contributed by atoms with E-state index in [4.69, 9.17) is 4.42 Å². The molecule has 0 N–H and O–H groups in total. The minimum Gasteiger partial charge on any atom is -0.440 e. The largest absolute Gasteiger partial charge is 0.440 e. The van der Waals surface area contributed by atoms with Gasteiger partial charge in [0.2, 0.25) is 0 Å². The average Bonchev–Trinajstić information content (AvgIpc) is 2.50. The molecule has 0 aliphatic carbocycles. The number of hydrogen-bond donors (Lipinski definition) is 0. The normalized spacial score (nSPS) is 10.5. The molecular weight excluding hydrogens is 289 g/mol. The molecule has 0 saturated carbocycles. The van der Waals surface area contributed by atoms with Gasteiger partial charge in [-0.3, -0.25) is 0 Å². The third kappa shape index (κ3) is 1.97. The number of benzene rings is 1. The maximum Gasteiger partial charge on any atom is 0.257 e. The summed E-state index contributed by atoms with van der Waals surface area (Å²) in [5.74, 6) is 0. The fourth-order valence-electron chi connectivity index (χ4n) is 1.51. The lowest BCUT2D eigenvalue weighted by Crippen LogP contribution is -1.82. The molecule has 0 unspecified atom stereocenters. The molecule has 2 aromatic rings. The van der Waals surface area contributed by atoms with Crippen LogP contribution in [-0.4, -0.2) is 4.98 Å². The summed E-state index contributed by atoms with van der Waals surface area (Å²) >= 11 is 2.07. The Morgan fingerprint density at radius 3 is 2.29 bits per heavy atom. The van der Waals surface area contributed by atoms with E-state index in [1.54, 1.807) is 6.26 Å². The monoisotopic (exact) mass is 299 g/mol. The molecule has 1 aromatic heterocycles. The predicted octanol–water partition coefficient (Wildman–Crippen LogP) is 3.56. The van der Waals surface area contributed by atoms with Gasteiger partial charge < -0.3 is 4.42 Å². The molecule has 0 saturated heterocycles. The van der Waals surface area contributed by atoms with Crippen molar-refractivity contribution in [2.45, 2.75) is 13.8 Å². The molecule has 0 amide bonds. The molecule has 1 aromatic carbocycles. The van der Waals surface area contributed by atoms with Crippen molar-refractivity contribution in [1.82, 2.24) is 4.98 Å². The molecule has 3 heteroatoms. The number of aromatic nitrogens is 1. The van der Waals surface area contributed by atoms with Gasteiger partial charge in [-0.25, -0.2) is 4.98 Å². The Morgan fingerprint density at radius 2 is 1.79 bits per heavy atom. The van der Waals surface area contributed by atoms with Gasteiger partial charge in [0.1, 0.15) is 12.0 Å². The fourth-order valence-corrected chi connectivity index (χ4v) is 1.89. The number of nitrogens with zero attached hydrogens (tertiary/aromatic N) is 1. The van der Waals surface area contributed by atoms with Crippen molar-refractivity contribution in [3.63, 3.8) is 0 Å². The van der Waals surface area contributed by atoms with Crippen LogP contribution in [0.15, 0.2) is 28.9 Å². The number of oxazole rings is 1. The molecule has 2 nitrogen and oxygen atoms in total. The van der Waals surface area contributed by atoms with Crippen LogP contribution in [0.5, 0.6) is 0 Å². The maximum atomic E-state index is 5.17. The summed E-state index contributed by atoms with van der Waals surface area (Å²) in [5.41, 5.74) is 4.52. The summed E-state index contributed by atoms with van der Waals surface area (Å²) in [5, 5.41) is 0. The lowest BCUT2D eigenvalue weighted by molar-refractivity contribution is 0.525. The van der Waals surface area contributed by atoms with Gasteiger partial charge in [0.25, 0.3) is 3.90 Å². The summed E-state index contributed by atoms with van der Waals surface area (Å²) < 4.78 is 5.85. The molecule has 0 bridgehead atoms. The van der Waals surface area contributed by atoms with E-state index in [1.807, 2.05) is 0 Å². The zero-order chi connectivity index (χ0) is 10.1. The van der Waals surface area contributed by atoms with Crippen molar-refractivity contribution < 1.29 is 4.42 Å². The van der Waals surface area contributed by atoms with Crippen molar-refractivity contribution in [2.75, 3.05) is 0 Å². The minimum absolute atomic E-state index is 0.678. The predicted molar refractivity (Wildman–Crippen MR) is 64.1 cm³/mol. The Labute approximate surface area is 96.5 Å². The van der Waals surface area contributed by atoms with Crippen molar-refractivity contribution in [3.8, 4) is 11.3 Å². The van der Waals surface area contributed by atoms with Gasteiger partial charge in [-0.2, -0.15) is 0 Å². The van der Waals surface area contributed by atoms with Gasteiger partial charge >= 0.3 is 0 Å². The lowest BCUT2D eigenvalue weighted by atomic mass is 10.1. The van der Waals surface area contributed by atoms with Crippen LogP contribution in [-0.2, 0) is 0 Å². The lowest BCUT2D eigenvalue weighted by Gasteiger charge is -2.00. The number of hydrogen-bond acceptors (Lipinski definition) is 2. The fraction of sp³-hybridized carbons (Fsp3) is 0.182. The van der Waals surface area contributed by atoms with E-state index in [9.17, 15) is 0 Å². The second-order valence-corrected chi connectivity index (χ2v) is 4.28. The van der Waals surface area contributed by atoms with Gasteiger partial charge in [0.15, 0.2) is 0 Å². The molecule has 0 aliphatic rings. The molecule has 1 heterocycles. The van der Waals surface area contributed by atoms with Gasteiger partial charge in [0, 0.05) is 28.2 Å². The average molecular weight is 299 g/mol. The summed E-state index contributed by atoms with van der Waals surface area (Å²) in [6, 6.07) is 6.37. The zero-order valence-electron chi connectivity index (χ0n) is 8.04. The van der Waals surface area contributed by atoms with Crippen LogP contribution in [0.2, 0.25) is 0 Å². The molecule has 14 heavy (non-hydrogen) atoms. The first-order valence-corrected chi connectivity index (χ1v) is 5.43. The first-order chi connectivity index (χ1) is 6.65. The Kier molecular flexibility index (Phi) is 2.58. The summed E-state index contributed by atoms with van der Waals surface area (Å²) in [7, 11) is 0. The van der Waals surface area contributed by atoms with Crippen LogP contribution in [0.3, 0.4) is 0 Å². The van der Waals surface area contributed by atoms with Gasteiger partial charge in [-0.15, -0.1) is 0 Å². The molecule has 72 valence electrons. The third-order valence-corrected chi connectivity index (χ3v) is 2.49. The van der Waals surface area contributed by atoms with Crippen LogP contribution in [0, 0.1) is 17.7 Å². The van der Waals surface area contributed by atoms with E-state index >= 15 is 0 Å². The molecular formula is C11H10INO. The Bertz CT molecular complexity index is 442. The summed E-state index contributed by atoms with van der Waals surface area (Å²) in [6.07, 6.45) is 1.69. The summed E-state index contributed by atoms with van der Waals surface area (Å²) in [4.78, 5) is 4.28. The Hall–Kier alpha value is -0.840. The van der Waals surface area contributed by atoms with E-state index < -0.39 is 0 Å². The minimum atomic E-state index is 0.678. The first-order valence-electron chi connectivity index (χ1n) is 4.35. The van der Waals surface area contributed by atoms with Crippen molar-refractivity contribution >= 4 is 22.6 Å². The highest BCUT2D eigenvalue weighted by Gasteiger charge is 2.04. The standard InChI is InChI=1S/C11H10INO/c1-7-3-8(2)5-9(4-7)10-6-14-11(12)13-10/h3-6H,1-2H3. The third-order valence-electron chi connectivity index (χ3n) is 1.99. The SMILES string of the molecule is Cc1cc(C)cc(-c2coc(I)n2)c1. The van der Waals surface area contributed by atoms with Crippen LogP contribution in [0.4, 0.5) is 0 Å². The maximum absolute atomic E-state index is 5.17. The van der Waals surface area contributed by atoms with Crippen LogP contribution >= 0.6 is 22.6 Å². The summed E-state index contributed by atoms with van der Waals surface area (Å²) in [6.45, 7) is 4.17. The van der Waals surface area contributed by atoms with Crippen molar-refractivity contribution in [3.05, 3.63) is 39.5 Å². The van der Waals surface area contributed by atoms with Crippen LogP contribution < -0.4 is 0 Å². The molecule has 0 aliphatic heterocycles. The molecule has 0 spiro atoms. The van der Waals surface area contributed by atoms with E-state index in [2.05, 4.69) is 59.6 Å². The zero-order valence-corrected chi connectivity index (χ0v) is 10.2. The second kappa shape index (κ2) is 3.73. The molecule has 0 atom stereocenters. The van der Waals surface area contributed by atoms with E-state index in [-0.39, 0.29) is 0 Å². The van der Waals surface area contributed by atoms with Crippen molar-refractivity contribution in [2.24, 2.45) is 0 Å².